The van der Waals surface area contributed by atoms with E-state index < -0.39 is 18.0 Å². The Hall–Kier alpha value is -2.30. The summed E-state index contributed by atoms with van der Waals surface area (Å²) in [6.45, 7) is 0. The third-order valence-electron chi connectivity index (χ3n) is 2.99. The van der Waals surface area contributed by atoms with Gasteiger partial charge in [-0.3, -0.25) is 4.79 Å². The Balaban J connectivity index is 2.45. The maximum atomic E-state index is 13.3. The first kappa shape index (κ1) is 14.1. The number of nitrogens with two attached hydrogens (primary N) is 1. The van der Waals surface area contributed by atoms with Crippen LogP contribution in [0.3, 0.4) is 0 Å². The van der Waals surface area contributed by atoms with Crippen LogP contribution < -0.4 is 5.73 Å². The van der Waals surface area contributed by atoms with Crippen molar-refractivity contribution in [2.75, 3.05) is 0 Å². The first-order valence-corrected chi connectivity index (χ1v) is 5.91. The summed E-state index contributed by atoms with van der Waals surface area (Å²) >= 11 is 0. The van der Waals surface area contributed by atoms with Gasteiger partial charge >= 0.3 is 6.18 Å². The van der Waals surface area contributed by atoms with Gasteiger partial charge in [0.15, 0.2) is 0 Å². The van der Waals surface area contributed by atoms with Gasteiger partial charge in [0.25, 0.3) is 0 Å². The van der Waals surface area contributed by atoms with E-state index in [9.17, 15) is 18.0 Å². The van der Waals surface area contributed by atoms with Gasteiger partial charge in [-0.25, -0.2) is 0 Å². The van der Waals surface area contributed by atoms with Crippen LogP contribution >= 0.6 is 0 Å². The first-order chi connectivity index (χ1) is 9.39. The van der Waals surface area contributed by atoms with Crippen LogP contribution in [0.15, 0.2) is 54.6 Å². The minimum atomic E-state index is -4.41. The fourth-order valence-electron chi connectivity index (χ4n) is 2.06. The van der Waals surface area contributed by atoms with Gasteiger partial charge in [-0.1, -0.05) is 42.5 Å². The van der Waals surface area contributed by atoms with Crippen LogP contribution in [0.4, 0.5) is 13.2 Å². The molecule has 0 heterocycles. The predicted molar refractivity (Wildman–Crippen MR) is 69.3 cm³/mol. The van der Waals surface area contributed by atoms with Crippen molar-refractivity contribution in [2.24, 2.45) is 5.73 Å². The topological polar surface area (TPSA) is 43.1 Å². The molecular weight excluding hydrogens is 267 g/mol. The molecule has 0 aliphatic carbocycles. The summed E-state index contributed by atoms with van der Waals surface area (Å²) in [5.74, 6) is -2.38. The van der Waals surface area contributed by atoms with E-state index in [-0.39, 0.29) is 16.7 Å². The highest BCUT2D eigenvalue weighted by atomic mass is 19.4. The average Bonchev–Trinajstić information content (AvgIpc) is 2.39. The number of halogens is 3. The number of alkyl halides is 3. The van der Waals surface area contributed by atoms with E-state index in [1.807, 2.05) is 0 Å². The molecule has 0 bridgehead atoms. The highest BCUT2D eigenvalue weighted by Crippen LogP contribution is 2.39. The number of hydrogen-bond donors (Lipinski definition) is 1. The molecule has 5 heteroatoms. The molecule has 0 aromatic heterocycles. The molecule has 0 spiro atoms. The molecule has 0 saturated heterocycles. The summed E-state index contributed by atoms with van der Waals surface area (Å²) in [5, 5.41) is 0. The number of hydrogen-bond acceptors (Lipinski definition) is 1. The smallest absolute Gasteiger partial charge is 0.366 e. The summed E-state index contributed by atoms with van der Waals surface area (Å²) in [7, 11) is 0. The molecule has 2 aromatic rings. The Morgan fingerprint density at radius 3 is 1.85 bits per heavy atom. The molecule has 104 valence electrons. The van der Waals surface area contributed by atoms with E-state index >= 15 is 0 Å². The molecule has 0 aliphatic rings. The van der Waals surface area contributed by atoms with Crippen LogP contribution in [0.5, 0.6) is 0 Å². The molecule has 1 atom stereocenters. The van der Waals surface area contributed by atoms with Gasteiger partial charge in [-0.05, 0) is 23.3 Å². The lowest BCUT2D eigenvalue weighted by Crippen LogP contribution is -2.22. The van der Waals surface area contributed by atoms with Crippen molar-refractivity contribution in [2.45, 2.75) is 12.1 Å². The fourth-order valence-corrected chi connectivity index (χ4v) is 2.06. The molecule has 0 aliphatic heterocycles. The van der Waals surface area contributed by atoms with Crippen LogP contribution in [0.25, 0.3) is 0 Å². The summed E-state index contributed by atoms with van der Waals surface area (Å²) in [5.41, 5.74) is 5.50. The zero-order valence-electron chi connectivity index (χ0n) is 10.4. The molecule has 2 nitrogen and oxygen atoms in total. The third kappa shape index (κ3) is 2.99. The van der Waals surface area contributed by atoms with Crippen LogP contribution in [0.1, 0.15) is 27.4 Å². The average molecular weight is 279 g/mol. The van der Waals surface area contributed by atoms with Crippen LogP contribution in [-0.4, -0.2) is 12.1 Å². The van der Waals surface area contributed by atoms with Crippen molar-refractivity contribution in [1.29, 1.82) is 0 Å². The van der Waals surface area contributed by atoms with Crippen LogP contribution in [0, 0.1) is 0 Å². The van der Waals surface area contributed by atoms with E-state index in [1.165, 1.54) is 36.4 Å². The van der Waals surface area contributed by atoms with Crippen molar-refractivity contribution < 1.29 is 18.0 Å². The Bertz CT molecular complexity index is 591. The highest BCUT2D eigenvalue weighted by molar-refractivity contribution is 5.92. The van der Waals surface area contributed by atoms with Gasteiger partial charge in [0.05, 0.1) is 0 Å². The Morgan fingerprint density at radius 2 is 1.40 bits per heavy atom. The standard InChI is InChI=1S/C15H12F3NO/c16-15(17,18)13(10-4-2-1-3-5-10)11-6-8-12(9-7-11)14(19)20/h1-9,13H,(H2,19,20). The molecule has 2 N–H and O–H groups in total. The van der Waals surface area contributed by atoms with Gasteiger partial charge in [-0.2, -0.15) is 13.2 Å². The molecule has 1 amide bonds. The molecule has 2 rings (SSSR count). The second-order valence-corrected chi connectivity index (χ2v) is 4.37. The number of rotatable bonds is 3. The van der Waals surface area contributed by atoms with E-state index in [2.05, 4.69) is 0 Å². The number of benzene rings is 2. The van der Waals surface area contributed by atoms with Crippen LogP contribution in [0.2, 0.25) is 0 Å². The second kappa shape index (κ2) is 5.36. The zero-order valence-corrected chi connectivity index (χ0v) is 10.4. The lowest BCUT2D eigenvalue weighted by Gasteiger charge is -2.21. The number of amides is 1. The molecule has 0 saturated carbocycles. The lowest BCUT2D eigenvalue weighted by molar-refractivity contribution is -0.141. The Kier molecular flexibility index (Phi) is 3.79. The van der Waals surface area contributed by atoms with Crippen molar-refractivity contribution in [1.82, 2.24) is 0 Å². The Labute approximate surface area is 114 Å². The maximum Gasteiger partial charge on any atom is 0.399 e. The van der Waals surface area contributed by atoms with Crippen molar-refractivity contribution in [3.63, 3.8) is 0 Å². The summed E-state index contributed by atoms with van der Waals surface area (Å²) < 4.78 is 39.8. The highest BCUT2D eigenvalue weighted by Gasteiger charge is 2.41. The van der Waals surface area contributed by atoms with Crippen molar-refractivity contribution in [3.05, 3.63) is 71.3 Å². The molecule has 1 unspecified atom stereocenters. The lowest BCUT2D eigenvalue weighted by atomic mass is 9.90. The van der Waals surface area contributed by atoms with Gasteiger partial charge in [0.1, 0.15) is 5.92 Å². The van der Waals surface area contributed by atoms with Crippen molar-refractivity contribution in [3.8, 4) is 0 Å². The monoisotopic (exact) mass is 279 g/mol. The SMILES string of the molecule is NC(=O)c1ccc(C(c2ccccc2)C(F)(F)F)cc1. The van der Waals surface area contributed by atoms with Crippen molar-refractivity contribution >= 4 is 5.91 Å². The summed E-state index contributed by atoms with van der Waals surface area (Å²) in [4.78, 5) is 10.9. The van der Waals surface area contributed by atoms with Gasteiger partial charge in [0.2, 0.25) is 5.91 Å². The first-order valence-electron chi connectivity index (χ1n) is 5.91. The number of carbonyl (C=O) groups excluding carboxylic acids is 1. The fraction of sp³-hybridized carbons (Fsp3) is 0.133. The molecule has 20 heavy (non-hydrogen) atoms. The number of carbonyl (C=O) groups is 1. The summed E-state index contributed by atoms with van der Waals surface area (Å²) in [6.07, 6.45) is -4.41. The largest absolute Gasteiger partial charge is 0.399 e. The molecule has 0 radical (unpaired) electrons. The molecular formula is C15H12F3NO. The normalized spacial score (nSPS) is 12.9. The minimum absolute atomic E-state index is 0.0775. The predicted octanol–water partition coefficient (Wildman–Crippen LogP) is 3.48. The maximum absolute atomic E-state index is 13.3. The quantitative estimate of drug-likeness (QED) is 0.918. The number of primary amides is 1. The van der Waals surface area contributed by atoms with Gasteiger partial charge in [-0.15, -0.1) is 0 Å². The zero-order chi connectivity index (χ0) is 14.8. The molecule has 2 aromatic carbocycles. The second-order valence-electron chi connectivity index (χ2n) is 4.37. The minimum Gasteiger partial charge on any atom is -0.366 e. The van der Waals surface area contributed by atoms with E-state index in [0.717, 1.165) is 0 Å². The molecule has 0 fully saturated rings. The van der Waals surface area contributed by atoms with E-state index in [4.69, 9.17) is 5.73 Å². The van der Waals surface area contributed by atoms with E-state index in [0.29, 0.717) is 0 Å². The van der Waals surface area contributed by atoms with Crippen LogP contribution in [-0.2, 0) is 0 Å². The Morgan fingerprint density at radius 1 is 0.900 bits per heavy atom. The van der Waals surface area contributed by atoms with Gasteiger partial charge in [0, 0.05) is 5.56 Å². The van der Waals surface area contributed by atoms with Gasteiger partial charge < -0.3 is 5.73 Å². The third-order valence-corrected chi connectivity index (χ3v) is 2.99. The van der Waals surface area contributed by atoms with E-state index in [1.54, 1.807) is 18.2 Å². The summed E-state index contributed by atoms with van der Waals surface area (Å²) in [6, 6.07) is 12.8.